The van der Waals surface area contributed by atoms with Crippen molar-refractivity contribution in [1.29, 1.82) is 0 Å². The molecule has 0 saturated carbocycles. The fourth-order valence-electron chi connectivity index (χ4n) is 1.45. The van der Waals surface area contributed by atoms with Crippen LogP contribution in [0, 0.1) is 0 Å². The second-order valence-electron chi connectivity index (χ2n) is 3.81. The molecule has 1 aromatic carbocycles. The summed E-state index contributed by atoms with van der Waals surface area (Å²) in [4.78, 5) is 10.9. The van der Waals surface area contributed by atoms with Crippen LogP contribution in [0.4, 0.5) is 13.2 Å². The standard InChI is InChI=1S/C13H15F3O3/c1-2-19-12(17)9-18-7-6-10-4-3-5-11(8-10)13(14,15)16/h3-5,8H,2,6-7,9H2,1H3. The van der Waals surface area contributed by atoms with Crippen molar-refractivity contribution >= 4 is 5.97 Å². The molecule has 6 heteroatoms. The van der Waals surface area contributed by atoms with Crippen LogP contribution in [0.3, 0.4) is 0 Å². The maximum atomic E-state index is 12.5. The van der Waals surface area contributed by atoms with Crippen LogP contribution >= 0.6 is 0 Å². The first-order valence-electron chi connectivity index (χ1n) is 5.83. The molecule has 0 aliphatic carbocycles. The molecule has 3 nitrogen and oxygen atoms in total. The Morgan fingerprint density at radius 1 is 1.32 bits per heavy atom. The first-order chi connectivity index (χ1) is 8.93. The van der Waals surface area contributed by atoms with Gasteiger partial charge in [0.25, 0.3) is 0 Å². The van der Waals surface area contributed by atoms with Gasteiger partial charge in [0.2, 0.25) is 0 Å². The maximum absolute atomic E-state index is 12.5. The van der Waals surface area contributed by atoms with Crippen molar-refractivity contribution in [2.24, 2.45) is 0 Å². The van der Waals surface area contributed by atoms with Gasteiger partial charge in [0, 0.05) is 0 Å². The zero-order valence-electron chi connectivity index (χ0n) is 10.5. The van der Waals surface area contributed by atoms with Gasteiger partial charge in [0.1, 0.15) is 6.61 Å². The predicted molar refractivity (Wildman–Crippen MR) is 62.6 cm³/mol. The fraction of sp³-hybridized carbons (Fsp3) is 0.462. The summed E-state index contributed by atoms with van der Waals surface area (Å²) in [7, 11) is 0. The minimum absolute atomic E-state index is 0.167. The summed E-state index contributed by atoms with van der Waals surface area (Å²) in [6.45, 7) is 1.93. The monoisotopic (exact) mass is 276 g/mol. The molecule has 0 radical (unpaired) electrons. The quantitative estimate of drug-likeness (QED) is 0.592. The van der Waals surface area contributed by atoms with E-state index in [9.17, 15) is 18.0 Å². The van der Waals surface area contributed by atoms with Crippen molar-refractivity contribution in [3.05, 3.63) is 35.4 Å². The smallest absolute Gasteiger partial charge is 0.416 e. The molecule has 1 aromatic rings. The molecule has 0 N–H and O–H groups in total. The van der Waals surface area contributed by atoms with Crippen molar-refractivity contribution in [3.63, 3.8) is 0 Å². The van der Waals surface area contributed by atoms with E-state index in [1.54, 1.807) is 13.0 Å². The average molecular weight is 276 g/mol. The van der Waals surface area contributed by atoms with Crippen molar-refractivity contribution < 1.29 is 27.4 Å². The van der Waals surface area contributed by atoms with Gasteiger partial charge in [-0.05, 0) is 25.0 Å². The Hall–Kier alpha value is -1.56. The van der Waals surface area contributed by atoms with E-state index < -0.39 is 17.7 Å². The number of esters is 1. The van der Waals surface area contributed by atoms with Gasteiger partial charge < -0.3 is 9.47 Å². The van der Waals surface area contributed by atoms with Gasteiger partial charge in [-0.1, -0.05) is 18.2 Å². The number of hydrogen-bond donors (Lipinski definition) is 0. The molecule has 1 rings (SSSR count). The second kappa shape index (κ2) is 7.13. The number of alkyl halides is 3. The van der Waals surface area contributed by atoms with Gasteiger partial charge in [0.05, 0.1) is 18.8 Å². The molecule has 0 aliphatic heterocycles. The van der Waals surface area contributed by atoms with E-state index in [2.05, 4.69) is 4.74 Å². The highest BCUT2D eigenvalue weighted by Gasteiger charge is 2.30. The Labute approximate surface area is 109 Å². The maximum Gasteiger partial charge on any atom is 0.416 e. The summed E-state index contributed by atoms with van der Waals surface area (Å²) in [5.74, 6) is -0.480. The molecule has 19 heavy (non-hydrogen) atoms. The van der Waals surface area contributed by atoms with Crippen LogP contribution in [-0.4, -0.2) is 25.8 Å². The summed E-state index contributed by atoms with van der Waals surface area (Å²) < 4.78 is 47.0. The zero-order valence-corrected chi connectivity index (χ0v) is 10.5. The molecular formula is C13H15F3O3. The van der Waals surface area contributed by atoms with Crippen LogP contribution < -0.4 is 0 Å². The predicted octanol–water partition coefficient (Wildman–Crippen LogP) is 2.83. The Morgan fingerprint density at radius 2 is 2.05 bits per heavy atom. The second-order valence-corrected chi connectivity index (χ2v) is 3.81. The molecule has 0 unspecified atom stereocenters. The molecule has 0 bridgehead atoms. The summed E-state index contributed by atoms with van der Waals surface area (Å²) in [6.07, 6.45) is -4.04. The Kier molecular flexibility index (Phi) is 5.82. The van der Waals surface area contributed by atoms with Crippen LogP contribution in [0.5, 0.6) is 0 Å². The Bertz CT molecular complexity index is 416. The summed E-state index contributed by atoms with van der Waals surface area (Å²) in [5.41, 5.74) is -0.172. The molecule has 106 valence electrons. The number of benzene rings is 1. The summed E-state index contributed by atoms with van der Waals surface area (Å²) >= 11 is 0. The minimum atomic E-state index is -4.35. The van der Waals surface area contributed by atoms with Gasteiger partial charge in [-0.25, -0.2) is 4.79 Å². The molecule has 0 spiro atoms. The Balaban J connectivity index is 2.40. The number of carbonyl (C=O) groups excluding carboxylic acids is 1. The average Bonchev–Trinajstić information content (AvgIpc) is 2.34. The third kappa shape index (κ3) is 5.74. The minimum Gasteiger partial charge on any atom is -0.464 e. The van der Waals surface area contributed by atoms with Crippen molar-refractivity contribution in [2.75, 3.05) is 19.8 Å². The van der Waals surface area contributed by atoms with Gasteiger partial charge in [0.15, 0.2) is 0 Å². The largest absolute Gasteiger partial charge is 0.464 e. The third-order valence-electron chi connectivity index (χ3n) is 2.31. The van der Waals surface area contributed by atoms with Gasteiger partial charge in [-0.3, -0.25) is 0 Å². The van der Waals surface area contributed by atoms with Crippen molar-refractivity contribution in [2.45, 2.75) is 19.5 Å². The number of rotatable bonds is 6. The molecule has 0 aliphatic rings. The molecule has 0 heterocycles. The van der Waals surface area contributed by atoms with Crippen LogP contribution in [0.2, 0.25) is 0 Å². The highest BCUT2D eigenvalue weighted by Crippen LogP contribution is 2.29. The third-order valence-corrected chi connectivity index (χ3v) is 2.31. The molecular weight excluding hydrogens is 261 g/mol. The lowest BCUT2D eigenvalue weighted by atomic mass is 10.1. The lowest BCUT2D eigenvalue weighted by Gasteiger charge is -2.09. The highest BCUT2D eigenvalue weighted by atomic mass is 19.4. The van der Waals surface area contributed by atoms with Crippen LogP contribution in [-0.2, 0) is 26.9 Å². The van der Waals surface area contributed by atoms with Gasteiger partial charge in [-0.15, -0.1) is 0 Å². The van der Waals surface area contributed by atoms with E-state index in [0.29, 0.717) is 12.0 Å². The topological polar surface area (TPSA) is 35.5 Å². The molecule has 0 amide bonds. The van der Waals surface area contributed by atoms with E-state index in [4.69, 9.17) is 4.74 Å². The van der Waals surface area contributed by atoms with Crippen LogP contribution in [0.1, 0.15) is 18.1 Å². The first-order valence-corrected chi connectivity index (χ1v) is 5.83. The SMILES string of the molecule is CCOC(=O)COCCc1cccc(C(F)(F)F)c1. The highest BCUT2D eigenvalue weighted by molar-refractivity contribution is 5.70. The zero-order chi connectivity index (χ0) is 14.3. The van der Waals surface area contributed by atoms with E-state index in [0.717, 1.165) is 12.1 Å². The number of halogens is 3. The summed E-state index contributed by atoms with van der Waals surface area (Å²) in [6, 6.07) is 5.03. The Morgan fingerprint density at radius 3 is 2.68 bits per heavy atom. The number of hydrogen-bond acceptors (Lipinski definition) is 3. The lowest BCUT2D eigenvalue weighted by Crippen LogP contribution is -2.13. The van der Waals surface area contributed by atoms with E-state index in [1.807, 2.05) is 0 Å². The van der Waals surface area contributed by atoms with E-state index in [1.165, 1.54) is 6.07 Å². The molecule has 0 saturated heterocycles. The first kappa shape index (κ1) is 15.5. The van der Waals surface area contributed by atoms with E-state index in [-0.39, 0.29) is 19.8 Å². The normalized spacial score (nSPS) is 11.4. The fourth-order valence-corrected chi connectivity index (χ4v) is 1.45. The molecule has 0 atom stereocenters. The number of carbonyl (C=O) groups is 1. The van der Waals surface area contributed by atoms with Crippen LogP contribution in [0.25, 0.3) is 0 Å². The van der Waals surface area contributed by atoms with Crippen molar-refractivity contribution in [1.82, 2.24) is 0 Å². The van der Waals surface area contributed by atoms with E-state index >= 15 is 0 Å². The van der Waals surface area contributed by atoms with Gasteiger partial charge in [-0.2, -0.15) is 13.2 Å². The lowest BCUT2D eigenvalue weighted by molar-refractivity contribution is -0.148. The van der Waals surface area contributed by atoms with Gasteiger partial charge >= 0.3 is 12.1 Å². The summed E-state index contributed by atoms with van der Waals surface area (Å²) in [5, 5.41) is 0. The number of ether oxygens (including phenoxy) is 2. The molecule has 0 aromatic heterocycles. The van der Waals surface area contributed by atoms with Crippen LogP contribution in [0.15, 0.2) is 24.3 Å². The van der Waals surface area contributed by atoms with Crippen molar-refractivity contribution in [3.8, 4) is 0 Å². The molecule has 0 fully saturated rings.